The van der Waals surface area contributed by atoms with Gasteiger partial charge in [-0.05, 0) is 27.7 Å². The maximum absolute atomic E-state index is 11.5. The van der Waals surface area contributed by atoms with E-state index < -0.39 is 31.9 Å². The van der Waals surface area contributed by atoms with E-state index in [0.29, 0.717) is 6.42 Å². The van der Waals surface area contributed by atoms with Crippen LogP contribution in [0, 0.1) is 0 Å². The Bertz CT molecular complexity index is 485. The Kier molecular flexibility index (Phi) is 2.44. The molecule has 0 radical (unpaired) electrons. The highest BCUT2D eigenvalue weighted by atomic mass is 35.7. The van der Waals surface area contributed by atoms with Crippen LogP contribution in [-0.2, 0) is 18.8 Å². The Morgan fingerprint density at radius 2 is 1.82 bits per heavy atom. The van der Waals surface area contributed by atoms with Gasteiger partial charge in [0, 0.05) is 17.1 Å². The second kappa shape index (κ2) is 3.16. The number of β-lactam (4-membered cyclic amide) rings is 1. The van der Waals surface area contributed by atoms with Crippen LogP contribution in [0.3, 0.4) is 0 Å². The van der Waals surface area contributed by atoms with Crippen molar-refractivity contribution in [2.45, 2.75) is 57.3 Å². The summed E-state index contributed by atoms with van der Waals surface area (Å²) in [6.45, 7) is 7.35. The summed E-state index contributed by atoms with van der Waals surface area (Å²) in [6, 6.07) is 0. The highest BCUT2D eigenvalue weighted by Gasteiger charge is 2.70. The van der Waals surface area contributed by atoms with E-state index in [9.17, 15) is 13.2 Å². The van der Waals surface area contributed by atoms with Gasteiger partial charge in [0.05, 0.1) is 23.2 Å². The summed E-state index contributed by atoms with van der Waals surface area (Å²) in [5.41, 5.74) is -2.04. The van der Waals surface area contributed by atoms with Crippen LogP contribution in [0.2, 0.25) is 0 Å². The van der Waals surface area contributed by atoms with Crippen molar-refractivity contribution >= 4 is 25.8 Å². The Labute approximate surface area is 106 Å². The van der Waals surface area contributed by atoms with E-state index in [2.05, 4.69) is 0 Å². The first-order chi connectivity index (χ1) is 7.41. The molecule has 2 fully saturated rings. The lowest BCUT2D eigenvalue weighted by Crippen LogP contribution is -2.71. The number of carbonyl (C=O) groups excluding carboxylic acids is 1. The van der Waals surface area contributed by atoms with Gasteiger partial charge in [0.2, 0.25) is 5.91 Å². The van der Waals surface area contributed by atoms with Crippen LogP contribution < -0.4 is 0 Å². The third kappa shape index (κ3) is 1.69. The van der Waals surface area contributed by atoms with Crippen LogP contribution in [-0.4, -0.2) is 35.4 Å². The van der Waals surface area contributed by atoms with E-state index in [1.165, 1.54) is 0 Å². The smallest absolute Gasteiger partial charge is 0.324 e. The van der Waals surface area contributed by atoms with E-state index in [-0.39, 0.29) is 6.42 Å². The number of hydrogen-bond donors (Lipinski definition) is 0. The minimum Gasteiger partial charge on any atom is -0.367 e. The van der Waals surface area contributed by atoms with Crippen LogP contribution in [0.25, 0.3) is 0 Å². The molecule has 2 rings (SSSR count). The van der Waals surface area contributed by atoms with E-state index in [4.69, 9.17) is 15.4 Å². The number of carbonyl (C=O) groups is 1. The largest absolute Gasteiger partial charge is 0.367 e. The fourth-order valence-corrected chi connectivity index (χ4v) is 4.90. The molecular weight excluding hydrogens is 266 g/mol. The number of nitrogens with zero attached hydrogens (tertiary/aromatic N) is 1. The Balaban J connectivity index is 2.49. The zero-order chi connectivity index (χ0) is 13.3. The maximum Gasteiger partial charge on any atom is 0.324 e. The lowest BCUT2D eigenvalue weighted by atomic mass is 9.71. The van der Waals surface area contributed by atoms with Crippen molar-refractivity contribution in [3.8, 4) is 0 Å². The Morgan fingerprint density at radius 3 is 2.12 bits per heavy atom. The molecule has 0 aromatic carbocycles. The first kappa shape index (κ1) is 13.1. The molecule has 0 aromatic rings. The first-order valence-corrected chi connectivity index (χ1v) is 7.66. The lowest BCUT2D eigenvalue weighted by molar-refractivity contribution is -0.160. The van der Waals surface area contributed by atoms with Crippen molar-refractivity contribution < 1.29 is 17.9 Å². The Hall–Kier alpha value is -0.330. The van der Waals surface area contributed by atoms with Crippen LogP contribution in [0.5, 0.6) is 0 Å². The molecule has 1 spiro atoms. The lowest BCUT2D eigenvalue weighted by Gasteiger charge is -2.52. The second-order valence-electron chi connectivity index (χ2n) is 5.86. The highest BCUT2D eigenvalue weighted by Crippen LogP contribution is 2.56. The summed E-state index contributed by atoms with van der Waals surface area (Å²) in [6.07, 6.45) is 0.625. The summed E-state index contributed by atoms with van der Waals surface area (Å²) in [5.74, 6) is -0.464. The standard InChI is InChI=1S/C10H16ClNO4S/c1-8(2)6-10(9(3,4)16-8)5-7(13)12(10)17(11,14)15/h5-6H2,1-4H3. The van der Waals surface area contributed by atoms with Crippen molar-refractivity contribution in [1.29, 1.82) is 0 Å². The van der Waals surface area contributed by atoms with Gasteiger partial charge in [-0.3, -0.25) is 4.79 Å². The maximum atomic E-state index is 11.5. The van der Waals surface area contributed by atoms with Crippen molar-refractivity contribution in [3.05, 3.63) is 0 Å². The molecule has 1 amide bonds. The third-order valence-corrected chi connectivity index (χ3v) is 5.05. The number of hydrogen-bond acceptors (Lipinski definition) is 4. The van der Waals surface area contributed by atoms with Gasteiger partial charge in [-0.25, -0.2) is 4.31 Å². The van der Waals surface area contributed by atoms with Gasteiger partial charge in [-0.1, -0.05) is 0 Å². The Morgan fingerprint density at radius 1 is 1.29 bits per heavy atom. The number of amides is 1. The van der Waals surface area contributed by atoms with E-state index >= 15 is 0 Å². The van der Waals surface area contributed by atoms with Crippen LogP contribution in [0.4, 0.5) is 0 Å². The molecule has 2 aliphatic heterocycles. The normalized spacial score (nSPS) is 35.1. The van der Waals surface area contributed by atoms with Crippen molar-refractivity contribution in [1.82, 2.24) is 4.31 Å². The number of rotatable bonds is 1. The quantitative estimate of drug-likeness (QED) is 0.539. The van der Waals surface area contributed by atoms with Gasteiger partial charge in [-0.15, -0.1) is 0 Å². The van der Waals surface area contributed by atoms with Gasteiger partial charge < -0.3 is 4.74 Å². The average molecular weight is 282 g/mol. The average Bonchev–Trinajstić information content (AvgIpc) is 2.11. The molecular formula is C10H16ClNO4S. The molecule has 1 atom stereocenters. The second-order valence-corrected chi connectivity index (χ2v) is 8.22. The predicted molar refractivity (Wildman–Crippen MR) is 62.8 cm³/mol. The molecule has 0 aromatic heterocycles. The van der Waals surface area contributed by atoms with E-state index in [1.807, 2.05) is 13.8 Å². The fraction of sp³-hybridized carbons (Fsp3) is 0.900. The van der Waals surface area contributed by atoms with Gasteiger partial charge >= 0.3 is 9.24 Å². The third-order valence-electron chi connectivity index (χ3n) is 3.65. The molecule has 5 nitrogen and oxygen atoms in total. The molecule has 17 heavy (non-hydrogen) atoms. The number of ether oxygens (including phenoxy) is 1. The van der Waals surface area contributed by atoms with Gasteiger partial charge in [0.25, 0.3) is 0 Å². The minimum absolute atomic E-state index is 0.162. The molecule has 0 bridgehead atoms. The zero-order valence-electron chi connectivity index (χ0n) is 10.3. The molecule has 1 unspecified atom stereocenters. The molecule has 7 heteroatoms. The summed E-state index contributed by atoms with van der Waals surface area (Å²) in [5, 5.41) is 0. The fourth-order valence-electron chi connectivity index (χ4n) is 3.20. The van der Waals surface area contributed by atoms with Crippen molar-refractivity contribution in [3.63, 3.8) is 0 Å². The molecule has 2 saturated heterocycles. The first-order valence-electron chi connectivity index (χ1n) is 5.39. The van der Waals surface area contributed by atoms with Crippen LogP contribution in [0.15, 0.2) is 0 Å². The van der Waals surface area contributed by atoms with Gasteiger partial charge in [-0.2, -0.15) is 8.42 Å². The molecule has 0 aliphatic carbocycles. The molecule has 0 N–H and O–H groups in total. The molecule has 98 valence electrons. The highest BCUT2D eigenvalue weighted by molar-refractivity contribution is 8.12. The summed E-state index contributed by atoms with van der Waals surface area (Å²) in [7, 11) is 1.29. The minimum atomic E-state index is -4.05. The zero-order valence-corrected chi connectivity index (χ0v) is 11.9. The SMILES string of the molecule is CC1(C)CC2(CC(=O)N2S(=O)(=O)Cl)C(C)(C)O1. The molecule has 2 aliphatic rings. The van der Waals surface area contributed by atoms with Gasteiger partial charge in [0.1, 0.15) is 0 Å². The predicted octanol–water partition coefficient (Wildman–Crippen LogP) is 1.42. The summed E-state index contributed by atoms with van der Waals surface area (Å²) >= 11 is 0. The van der Waals surface area contributed by atoms with E-state index in [0.717, 1.165) is 4.31 Å². The monoisotopic (exact) mass is 281 g/mol. The van der Waals surface area contributed by atoms with Crippen molar-refractivity contribution in [2.75, 3.05) is 0 Å². The van der Waals surface area contributed by atoms with Crippen LogP contribution >= 0.6 is 10.7 Å². The van der Waals surface area contributed by atoms with Gasteiger partial charge in [0.15, 0.2) is 0 Å². The number of halogens is 1. The summed E-state index contributed by atoms with van der Waals surface area (Å²) < 4.78 is 29.6. The molecule has 0 saturated carbocycles. The van der Waals surface area contributed by atoms with Crippen LogP contribution in [0.1, 0.15) is 40.5 Å². The molecule has 2 heterocycles. The summed E-state index contributed by atoms with van der Waals surface area (Å²) in [4.78, 5) is 11.5. The van der Waals surface area contributed by atoms with E-state index in [1.54, 1.807) is 13.8 Å². The van der Waals surface area contributed by atoms with Crippen molar-refractivity contribution in [2.24, 2.45) is 0 Å². The topological polar surface area (TPSA) is 63.7 Å².